The fourth-order valence-electron chi connectivity index (χ4n) is 3.96. The second-order valence-corrected chi connectivity index (χ2v) is 7.58. The summed E-state index contributed by atoms with van der Waals surface area (Å²) in [4.78, 5) is 13.4. The van der Waals surface area contributed by atoms with Crippen molar-refractivity contribution in [2.24, 2.45) is 13.0 Å². The first-order chi connectivity index (χ1) is 11.9. The van der Waals surface area contributed by atoms with E-state index < -0.39 is 6.10 Å². The Labute approximate surface area is 149 Å². The van der Waals surface area contributed by atoms with Crippen LogP contribution >= 0.6 is 0 Å². The number of hydrogen-bond donors (Lipinski definition) is 2. The van der Waals surface area contributed by atoms with Gasteiger partial charge in [-0.1, -0.05) is 11.1 Å². The first kappa shape index (κ1) is 17.9. The van der Waals surface area contributed by atoms with Gasteiger partial charge in [0.2, 0.25) is 11.9 Å². The number of amides is 1. The van der Waals surface area contributed by atoms with Gasteiger partial charge in [-0.05, 0) is 33.1 Å². The molecule has 1 aliphatic carbocycles. The molecule has 1 aromatic heterocycles. The fourth-order valence-corrected chi connectivity index (χ4v) is 3.96. The predicted molar refractivity (Wildman–Crippen MR) is 96.4 cm³/mol. The van der Waals surface area contributed by atoms with Gasteiger partial charge in [-0.3, -0.25) is 4.79 Å². The van der Waals surface area contributed by atoms with E-state index >= 15 is 0 Å². The van der Waals surface area contributed by atoms with E-state index in [1.54, 1.807) is 0 Å². The van der Waals surface area contributed by atoms with Crippen LogP contribution in [-0.4, -0.2) is 51.5 Å². The Bertz CT molecular complexity index is 681. The van der Waals surface area contributed by atoms with Crippen LogP contribution in [0.3, 0.4) is 0 Å². The standard InChI is InChI=1S/C18H29N5O2/c1-11-5-6-23(10-12(11)2)18-21-20-17(22(18)4)14-7-15(16(25)8-14)9-19-13(3)24/h14-16,25H,5-10H2,1-4H3,(H,19,24)/t14-,15+,16+/m0/s1. The smallest absolute Gasteiger partial charge is 0.227 e. The molecule has 2 heterocycles. The van der Waals surface area contributed by atoms with E-state index in [9.17, 15) is 9.90 Å². The van der Waals surface area contributed by atoms with E-state index in [0.717, 1.165) is 37.7 Å². The second kappa shape index (κ2) is 7.15. The summed E-state index contributed by atoms with van der Waals surface area (Å²) >= 11 is 0. The summed E-state index contributed by atoms with van der Waals surface area (Å²) in [5.41, 5.74) is 2.88. The molecule has 2 N–H and O–H groups in total. The highest BCUT2D eigenvalue weighted by Crippen LogP contribution is 2.38. The molecule has 3 atom stereocenters. The maximum absolute atomic E-state index is 11.1. The van der Waals surface area contributed by atoms with Crippen molar-refractivity contribution < 1.29 is 9.90 Å². The highest BCUT2D eigenvalue weighted by Gasteiger charge is 2.36. The predicted octanol–water partition coefficient (Wildman–Crippen LogP) is 1.35. The molecule has 0 spiro atoms. The number of nitrogens with zero attached hydrogens (tertiary/aromatic N) is 4. The van der Waals surface area contributed by atoms with Gasteiger partial charge in [-0.25, -0.2) is 0 Å². The summed E-state index contributed by atoms with van der Waals surface area (Å²) in [6.07, 6.45) is 2.16. The maximum Gasteiger partial charge on any atom is 0.227 e. The molecular weight excluding hydrogens is 318 g/mol. The van der Waals surface area contributed by atoms with Crippen molar-refractivity contribution in [3.8, 4) is 0 Å². The number of aliphatic hydroxyl groups excluding tert-OH is 1. The Hall–Kier alpha value is -1.89. The number of rotatable bonds is 4. The molecule has 1 fully saturated rings. The van der Waals surface area contributed by atoms with E-state index in [1.807, 2.05) is 7.05 Å². The minimum atomic E-state index is -0.403. The van der Waals surface area contributed by atoms with E-state index in [4.69, 9.17) is 0 Å². The summed E-state index contributed by atoms with van der Waals surface area (Å²) in [6.45, 7) is 8.27. The molecule has 138 valence electrons. The summed E-state index contributed by atoms with van der Waals surface area (Å²) in [5.74, 6) is 2.05. The third kappa shape index (κ3) is 3.71. The summed E-state index contributed by atoms with van der Waals surface area (Å²) < 4.78 is 2.08. The SMILES string of the molecule is CC(=O)NC[C@H]1C[C@H](c2nnc(N3CCC(C)=C(C)C3)n2C)C[C@H]1O. The molecule has 1 aromatic rings. The molecule has 0 aromatic carbocycles. The Morgan fingerprint density at radius 1 is 1.28 bits per heavy atom. The highest BCUT2D eigenvalue weighted by atomic mass is 16.3. The van der Waals surface area contributed by atoms with Gasteiger partial charge in [0, 0.05) is 45.4 Å². The van der Waals surface area contributed by atoms with Crippen LogP contribution in [0.25, 0.3) is 0 Å². The lowest BCUT2D eigenvalue weighted by molar-refractivity contribution is -0.119. The molecule has 2 aliphatic rings. The van der Waals surface area contributed by atoms with Crippen molar-refractivity contribution in [3.63, 3.8) is 0 Å². The van der Waals surface area contributed by atoms with Gasteiger partial charge >= 0.3 is 0 Å². The van der Waals surface area contributed by atoms with Crippen molar-refractivity contribution in [1.82, 2.24) is 20.1 Å². The summed E-state index contributed by atoms with van der Waals surface area (Å²) in [6, 6.07) is 0. The molecule has 0 unspecified atom stereocenters. The Morgan fingerprint density at radius 3 is 2.72 bits per heavy atom. The Balaban J connectivity index is 1.71. The molecule has 1 amide bonds. The first-order valence-corrected chi connectivity index (χ1v) is 9.08. The number of aromatic nitrogens is 3. The number of anilines is 1. The van der Waals surface area contributed by atoms with Gasteiger partial charge in [0.15, 0.2) is 0 Å². The zero-order valence-corrected chi connectivity index (χ0v) is 15.6. The van der Waals surface area contributed by atoms with Crippen molar-refractivity contribution in [1.29, 1.82) is 0 Å². The van der Waals surface area contributed by atoms with Crippen LogP contribution in [0.5, 0.6) is 0 Å². The topological polar surface area (TPSA) is 83.3 Å². The molecule has 1 aliphatic heterocycles. The van der Waals surface area contributed by atoms with E-state index in [0.29, 0.717) is 13.0 Å². The van der Waals surface area contributed by atoms with E-state index in [2.05, 4.69) is 38.8 Å². The van der Waals surface area contributed by atoms with Crippen LogP contribution in [-0.2, 0) is 11.8 Å². The maximum atomic E-state index is 11.1. The van der Waals surface area contributed by atoms with Gasteiger partial charge in [-0.15, -0.1) is 10.2 Å². The Kier molecular flexibility index (Phi) is 5.13. The lowest BCUT2D eigenvalue weighted by Crippen LogP contribution is -2.32. The van der Waals surface area contributed by atoms with Gasteiger partial charge < -0.3 is 19.9 Å². The van der Waals surface area contributed by atoms with Gasteiger partial charge in [0.1, 0.15) is 5.82 Å². The van der Waals surface area contributed by atoms with Crippen LogP contribution in [0.4, 0.5) is 5.95 Å². The molecule has 0 saturated heterocycles. The molecule has 7 heteroatoms. The quantitative estimate of drug-likeness (QED) is 0.804. The van der Waals surface area contributed by atoms with Crippen LogP contribution in [0.1, 0.15) is 51.8 Å². The lowest BCUT2D eigenvalue weighted by Gasteiger charge is -2.29. The third-order valence-electron chi connectivity index (χ3n) is 5.72. The zero-order chi connectivity index (χ0) is 18.1. The van der Waals surface area contributed by atoms with Crippen LogP contribution in [0, 0.1) is 5.92 Å². The number of carbonyl (C=O) groups excluding carboxylic acids is 1. The highest BCUT2D eigenvalue weighted by molar-refractivity contribution is 5.72. The number of aliphatic hydroxyl groups is 1. The van der Waals surface area contributed by atoms with Gasteiger partial charge in [0.25, 0.3) is 0 Å². The molecule has 0 radical (unpaired) electrons. The number of hydrogen-bond acceptors (Lipinski definition) is 5. The van der Waals surface area contributed by atoms with Crippen molar-refractivity contribution in [3.05, 3.63) is 17.0 Å². The third-order valence-corrected chi connectivity index (χ3v) is 5.72. The fraction of sp³-hybridized carbons (Fsp3) is 0.722. The van der Waals surface area contributed by atoms with Gasteiger partial charge in [0.05, 0.1) is 6.10 Å². The second-order valence-electron chi connectivity index (χ2n) is 7.58. The van der Waals surface area contributed by atoms with E-state index in [1.165, 1.54) is 18.1 Å². The van der Waals surface area contributed by atoms with Crippen LogP contribution in [0.15, 0.2) is 11.1 Å². The first-order valence-electron chi connectivity index (χ1n) is 9.08. The Morgan fingerprint density at radius 2 is 2.04 bits per heavy atom. The van der Waals surface area contributed by atoms with Crippen molar-refractivity contribution in [2.45, 2.75) is 52.1 Å². The monoisotopic (exact) mass is 347 g/mol. The molecule has 1 saturated carbocycles. The molecule has 7 nitrogen and oxygen atoms in total. The molecular formula is C18H29N5O2. The van der Waals surface area contributed by atoms with Crippen molar-refractivity contribution in [2.75, 3.05) is 24.5 Å². The molecule has 25 heavy (non-hydrogen) atoms. The summed E-state index contributed by atoms with van der Waals surface area (Å²) in [5, 5.41) is 22.0. The lowest BCUT2D eigenvalue weighted by atomic mass is 10.0. The minimum absolute atomic E-state index is 0.0552. The van der Waals surface area contributed by atoms with Gasteiger partial charge in [-0.2, -0.15) is 0 Å². The van der Waals surface area contributed by atoms with Crippen molar-refractivity contribution >= 4 is 11.9 Å². The summed E-state index contributed by atoms with van der Waals surface area (Å²) in [7, 11) is 2.01. The molecule has 3 rings (SSSR count). The van der Waals surface area contributed by atoms with Crippen LogP contribution < -0.4 is 10.2 Å². The minimum Gasteiger partial charge on any atom is -0.393 e. The average Bonchev–Trinajstić information content (AvgIpc) is 3.11. The number of carbonyl (C=O) groups is 1. The van der Waals surface area contributed by atoms with Crippen LogP contribution in [0.2, 0.25) is 0 Å². The van der Waals surface area contributed by atoms with E-state index in [-0.39, 0.29) is 17.7 Å². The zero-order valence-electron chi connectivity index (χ0n) is 15.6. The largest absolute Gasteiger partial charge is 0.393 e. The normalized spacial score (nSPS) is 27.1. The number of nitrogens with one attached hydrogen (secondary N) is 1. The molecule has 0 bridgehead atoms. The average molecular weight is 347 g/mol.